The maximum Gasteiger partial charge on any atom is 0.232 e. The van der Waals surface area contributed by atoms with Crippen molar-refractivity contribution < 1.29 is 9.59 Å². The van der Waals surface area contributed by atoms with Crippen LogP contribution in [0, 0.1) is 0 Å². The molecule has 0 saturated heterocycles. The van der Waals surface area contributed by atoms with Crippen LogP contribution in [-0.2, 0) is 22.4 Å². The highest BCUT2D eigenvalue weighted by atomic mass is 35.5. The zero-order valence-electron chi connectivity index (χ0n) is 17.9. The van der Waals surface area contributed by atoms with Gasteiger partial charge in [-0.15, -0.1) is 20.4 Å². The number of halogens is 1. The van der Waals surface area contributed by atoms with Gasteiger partial charge in [0.15, 0.2) is 8.68 Å². The van der Waals surface area contributed by atoms with Crippen LogP contribution in [0.15, 0.2) is 51.4 Å². The number of amides is 2. The number of carbonyl (C=O) groups is 2. The average Bonchev–Trinajstić information content (AvgIpc) is 3.48. The van der Waals surface area contributed by atoms with E-state index in [1.165, 1.54) is 34.4 Å². The molecule has 4 rings (SSSR count). The Bertz CT molecular complexity index is 1270. The van der Waals surface area contributed by atoms with Gasteiger partial charge in [-0.3, -0.25) is 14.6 Å². The van der Waals surface area contributed by atoms with Crippen molar-refractivity contribution in [2.24, 2.45) is 0 Å². The van der Waals surface area contributed by atoms with Gasteiger partial charge in [-0.05, 0) is 23.8 Å². The summed E-state index contributed by atoms with van der Waals surface area (Å²) in [6, 6.07) is 8.84. The Hall–Kier alpha value is -2.65. The van der Waals surface area contributed by atoms with Crippen LogP contribution in [0.25, 0.3) is 0 Å². The molecule has 2 amide bonds. The van der Waals surface area contributed by atoms with E-state index in [9.17, 15) is 9.59 Å². The van der Waals surface area contributed by atoms with Crippen molar-refractivity contribution in [1.82, 2.24) is 30.4 Å². The molecule has 4 aromatic rings. The fourth-order valence-electron chi connectivity index (χ4n) is 2.59. The first kappa shape index (κ1) is 25.4. The van der Waals surface area contributed by atoms with E-state index in [0.717, 1.165) is 25.7 Å². The number of thioether (sulfide) groups is 2. The molecule has 0 saturated carbocycles. The number of nitrogens with one attached hydrogen (secondary N) is 2. The first-order chi connectivity index (χ1) is 17.0. The van der Waals surface area contributed by atoms with Crippen molar-refractivity contribution >= 4 is 79.9 Å². The fraction of sp³-hybridized carbons (Fsp3) is 0.200. The van der Waals surface area contributed by atoms with Gasteiger partial charge in [0.2, 0.25) is 22.1 Å². The number of carbonyl (C=O) groups excluding carboxylic acids is 2. The fourth-order valence-corrected chi connectivity index (χ4v) is 6.34. The zero-order chi connectivity index (χ0) is 24.5. The Morgan fingerprint density at radius 1 is 0.829 bits per heavy atom. The Labute approximate surface area is 221 Å². The van der Waals surface area contributed by atoms with Gasteiger partial charge in [0.25, 0.3) is 0 Å². The van der Waals surface area contributed by atoms with Gasteiger partial charge in [-0.1, -0.05) is 69.9 Å². The van der Waals surface area contributed by atoms with Crippen LogP contribution < -0.4 is 10.6 Å². The normalized spacial score (nSPS) is 10.8. The molecule has 0 atom stereocenters. The van der Waals surface area contributed by atoms with E-state index in [2.05, 4.69) is 41.0 Å². The molecule has 0 bridgehead atoms. The SMILES string of the molecule is O=C(Cc1ccc(Cl)nc1)Nc1nnc(SCCSc2nnc(NC(=O)Cc3ccccn3)s2)s1. The van der Waals surface area contributed by atoms with Gasteiger partial charge in [-0.25, -0.2) is 4.98 Å². The number of hydrogen-bond donors (Lipinski definition) is 2. The highest BCUT2D eigenvalue weighted by Gasteiger charge is 2.12. The van der Waals surface area contributed by atoms with Crippen LogP contribution in [0.1, 0.15) is 11.3 Å². The molecule has 0 radical (unpaired) electrons. The van der Waals surface area contributed by atoms with Crippen LogP contribution >= 0.6 is 57.8 Å². The first-order valence-corrected chi connectivity index (χ1v) is 14.0. The summed E-state index contributed by atoms with van der Waals surface area (Å²) in [5.41, 5.74) is 1.45. The lowest BCUT2D eigenvalue weighted by molar-refractivity contribution is -0.116. The Kier molecular flexibility index (Phi) is 9.36. The second kappa shape index (κ2) is 12.9. The number of aromatic nitrogens is 6. The minimum atomic E-state index is -0.198. The van der Waals surface area contributed by atoms with E-state index in [4.69, 9.17) is 11.6 Å². The standard InChI is InChI=1S/C20H17ClN8O2S4/c21-14-5-4-12(11-23-14)9-15(30)24-17-26-28-19(34-17)32-7-8-33-20-29-27-18(35-20)25-16(31)10-13-3-1-2-6-22-13/h1-6,11H,7-10H2,(H,24,26,30)(H,25,27,31). The Morgan fingerprint density at radius 2 is 1.49 bits per heavy atom. The summed E-state index contributed by atoms with van der Waals surface area (Å²) in [7, 11) is 0. The van der Waals surface area contributed by atoms with Gasteiger partial charge in [0.05, 0.1) is 12.8 Å². The monoisotopic (exact) mass is 564 g/mol. The number of rotatable bonds is 11. The Morgan fingerprint density at radius 3 is 2.06 bits per heavy atom. The molecular weight excluding hydrogens is 548 g/mol. The third-order valence-corrected chi connectivity index (χ3v) is 8.49. The third kappa shape index (κ3) is 8.50. The lowest BCUT2D eigenvalue weighted by Gasteiger charge is -2.01. The van der Waals surface area contributed by atoms with E-state index in [1.54, 1.807) is 48.4 Å². The molecule has 0 fully saturated rings. The predicted octanol–water partition coefficient (Wildman–Crippen LogP) is 4.08. The number of pyridine rings is 2. The molecular formula is C20H17ClN8O2S4. The van der Waals surface area contributed by atoms with Crippen LogP contribution in [0.2, 0.25) is 5.15 Å². The summed E-state index contributed by atoms with van der Waals surface area (Å²) in [5, 5.41) is 23.0. The summed E-state index contributed by atoms with van der Waals surface area (Å²) in [6.45, 7) is 0. The molecule has 10 nitrogen and oxygen atoms in total. The highest BCUT2D eigenvalue weighted by Crippen LogP contribution is 2.29. The molecule has 2 N–H and O–H groups in total. The topological polar surface area (TPSA) is 136 Å². The molecule has 35 heavy (non-hydrogen) atoms. The molecule has 0 unspecified atom stereocenters. The van der Waals surface area contributed by atoms with Crippen molar-refractivity contribution in [3.05, 3.63) is 59.1 Å². The van der Waals surface area contributed by atoms with Crippen molar-refractivity contribution in [1.29, 1.82) is 0 Å². The molecule has 180 valence electrons. The van der Waals surface area contributed by atoms with Gasteiger partial charge >= 0.3 is 0 Å². The van der Waals surface area contributed by atoms with E-state index < -0.39 is 0 Å². The van der Waals surface area contributed by atoms with Crippen molar-refractivity contribution in [2.75, 3.05) is 22.1 Å². The van der Waals surface area contributed by atoms with Crippen molar-refractivity contribution in [3.63, 3.8) is 0 Å². The Balaban J connectivity index is 1.15. The van der Waals surface area contributed by atoms with Crippen molar-refractivity contribution in [2.45, 2.75) is 21.5 Å². The summed E-state index contributed by atoms with van der Waals surface area (Å²) in [6.07, 6.45) is 3.58. The second-order valence-electron chi connectivity index (χ2n) is 6.70. The van der Waals surface area contributed by atoms with Crippen LogP contribution in [0.4, 0.5) is 10.3 Å². The average molecular weight is 565 g/mol. The van der Waals surface area contributed by atoms with Crippen molar-refractivity contribution in [3.8, 4) is 0 Å². The van der Waals surface area contributed by atoms with Gasteiger partial charge in [0, 0.05) is 29.6 Å². The lowest BCUT2D eigenvalue weighted by atomic mass is 10.2. The second-order valence-corrected chi connectivity index (χ2v) is 11.7. The van der Waals surface area contributed by atoms with Crippen LogP contribution in [0.5, 0.6) is 0 Å². The van der Waals surface area contributed by atoms with Crippen LogP contribution in [0.3, 0.4) is 0 Å². The van der Waals surface area contributed by atoms with Gasteiger partial charge in [-0.2, -0.15) is 0 Å². The molecule has 4 heterocycles. The van der Waals surface area contributed by atoms with E-state index >= 15 is 0 Å². The minimum absolute atomic E-state index is 0.177. The first-order valence-electron chi connectivity index (χ1n) is 10.1. The summed E-state index contributed by atoms with van der Waals surface area (Å²) >= 11 is 11.5. The van der Waals surface area contributed by atoms with Gasteiger partial charge in [0.1, 0.15) is 5.15 Å². The lowest BCUT2D eigenvalue weighted by Crippen LogP contribution is -2.14. The zero-order valence-corrected chi connectivity index (χ0v) is 21.9. The largest absolute Gasteiger partial charge is 0.300 e. The molecule has 0 aliphatic carbocycles. The maximum atomic E-state index is 12.2. The predicted molar refractivity (Wildman–Crippen MR) is 139 cm³/mol. The number of anilines is 2. The smallest absolute Gasteiger partial charge is 0.232 e. The van der Waals surface area contributed by atoms with Gasteiger partial charge < -0.3 is 10.6 Å². The van der Waals surface area contributed by atoms with E-state index in [1.807, 2.05) is 6.07 Å². The summed E-state index contributed by atoms with van der Waals surface area (Å²) in [5.74, 6) is 1.16. The molecule has 15 heteroatoms. The third-order valence-electron chi connectivity index (χ3n) is 4.06. The number of hydrogen-bond acceptors (Lipinski definition) is 12. The summed E-state index contributed by atoms with van der Waals surface area (Å²) < 4.78 is 1.52. The molecule has 4 aromatic heterocycles. The number of nitrogens with zero attached hydrogens (tertiary/aromatic N) is 6. The van der Waals surface area contributed by atoms with E-state index in [-0.39, 0.29) is 24.7 Å². The molecule has 0 spiro atoms. The minimum Gasteiger partial charge on any atom is -0.300 e. The van der Waals surface area contributed by atoms with Crippen LogP contribution in [-0.4, -0.2) is 53.7 Å². The molecule has 0 aliphatic rings. The molecule has 0 aliphatic heterocycles. The van der Waals surface area contributed by atoms with E-state index in [0.29, 0.717) is 21.1 Å². The maximum absolute atomic E-state index is 12.2. The molecule has 0 aromatic carbocycles. The highest BCUT2D eigenvalue weighted by molar-refractivity contribution is 8.04. The quantitative estimate of drug-likeness (QED) is 0.119. The summed E-state index contributed by atoms with van der Waals surface area (Å²) in [4.78, 5) is 32.4.